The second-order valence-electron chi connectivity index (χ2n) is 4.93. The maximum Gasteiger partial charge on any atom is 0.163 e. The lowest BCUT2D eigenvalue weighted by Crippen LogP contribution is -2.48. The molecule has 0 bridgehead atoms. The predicted octanol–water partition coefficient (Wildman–Crippen LogP) is 3.01. The van der Waals surface area contributed by atoms with Gasteiger partial charge >= 0.3 is 0 Å². The van der Waals surface area contributed by atoms with Gasteiger partial charge in [-0.2, -0.15) is 0 Å². The van der Waals surface area contributed by atoms with Gasteiger partial charge in [-0.1, -0.05) is 30.3 Å². The quantitative estimate of drug-likeness (QED) is 0.845. The lowest BCUT2D eigenvalue weighted by molar-refractivity contribution is 0.767. The van der Waals surface area contributed by atoms with E-state index in [1.165, 1.54) is 10.4 Å². The van der Waals surface area contributed by atoms with E-state index in [1.807, 2.05) is 12.3 Å². The molecule has 3 N–H and O–H groups in total. The molecular weight excluding hydrogens is 268 g/mol. The summed E-state index contributed by atoms with van der Waals surface area (Å²) >= 11 is 1.75. The molecule has 3 heterocycles. The molecule has 0 saturated carbocycles. The Bertz CT molecular complexity index is 730. The van der Waals surface area contributed by atoms with Gasteiger partial charge in [0.15, 0.2) is 6.17 Å². The number of anilines is 1. The Morgan fingerprint density at radius 1 is 1.30 bits per heavy atom. The second kappa shape index (κ2) is 4.11. The number of hydrogen-bond acceptors (Lipinski definition) is 5. The number of nitrogens with one attached hydrogen (secondary N) is 1. The molecule has 0 fully saturated rings. The van der Waals surface area contributed by atoms with E-state index in [2.05, 4.69) is 52.5 Å². The summed E-state index contributed by atoms with van der Waals surface area (Å²) in [6.45, 7) is 2.08. The van der Waals surface area contributed by atoms with Gasteiger partial charge in [-0.3, -0.25) is 0 Å². The Hall–Kier alpha value is -2.27. The van der Waals surface area contributed by atoms with Crippen molar-refractivity contribution < 1.29 is 0 Å². The maximum absolute atomic E-state index is 6.06. The number of nitrogens with zero attached hydrogens (tertiary/aromatic N) is 2. The fraction of sp³-hybridized carbons (Fsp3) is 0.133. The zero-order valence-corrected chi connectivity index (χ0v) is 11.8. The van der Waals surface area contributed by atoms with Crippen molar-refractivity contribution in [2.75, 3.05) is 4.90 Å². The first-order valence-corrected chi connectivity index (χ1v) is 7.31. The van der Waals surface area contributed by atoms with Crippen LogP contribution in [0.3, 0.4) is 0 Å². The molecule has 2 aliphatic rings. The number of hydrogen-bond donors (Lipinski definition) is 2. The maximum atomic E-state index is 6.06. The highest BCUT2D eigenvalue weighted by atomic mass is 32.1. The number of benzene rings is 1. The van der Waals surface area contributed by atoms with Gasteiger partial charge in [0.25, 0.3) is 0 Å². The van der Waals surface area contributed by atoms with Gasteiger partial charge in [-0.15, -0.1) is 11.3 Å². The third-order valence-corrected chi connectivity index (χ3v) is 4.76. The van der Waals surface area contributed by atoms with E-state index in [4.69, 9.17) is 5.73 Å². The van der Waals surface area contributed by atoms with Crippen molar-refractivity contribution in [2.24, 2.45) is 10.7 Å². The summed E-state index contributed by atoms with van der Waals surface area (Å²) in [5.41, 5.74) is 9.40. The van der Waals surface area contributed by atoms with Crippen LogP contribution in [0.2, 0.25) is 0 Å². The first-order valence-electron chi connectivity index (χ1n) is 6.49. The Morgan fingerprint density at radius 2 is 2.10 bits per heavy atom. The summed E-state index contributed by atoms with van der Waals surface area (Å²) in [5.74, 6) is 0.614. The molecule has 5 heteroatoms. The van der Waals surface area contributed by atoms with Crippen LogP contribution in [0.4, 0.5) is 10.7 Å². The van der Waals surface area contributed by atoms with Gasteiger partial charge in [-0.25, -0.2) is 4.99 Å². The smallest absolute Gasteiger partial charge is 0.163 e. The summed E-state index contributed by atoms with van der Waals surface area (Å²) in [6.07, 6.45) is 1.95. The molecule has 2 aliphatic heterocycles. The van der Waals surface area contributed by atoms with Crippen LogP contribution in [0.15, 0.2) is 53.3 Å². The van der Waals surface area contributed by atoms with Crippen molar-refractivity contribution in [1.82, 2.24) is 5.32 Å². The summed E-state index contributed by atoms with van der Waals surface area (Å²) < 4.78 is 0. The number of rotatable bonds is 1. The molecule has 2 aromatic rings. The molecule has 1 unspecified atom stereocenters. The van der Waals surface area contributed by atoms with E-state index in [-0.39, 0.29) is 6.17 Å². The standard InChI is InChI=1S/C15H14N4S/c1-9-8-17-14-13(16)18-11-7-12(20-15(11)19(9)14)10-5-3-2-4-6-10/h2-8,14,17H,1H3,(H2,16,18). The molecule has 100 valence electrons. The van der Waals surface area contributed by atoms with Crippen molar-refractivity contribution in [3.63, 3.8) is 0 Å². The van der Waals surface area contributed by atoms with Gasteiger partial charge in [0, 0.05) is 16.8 Å². The Morgan fingerprint density at radius 3 is 2.90 bits per heavy atom. The van der Waals surface area contributed by atoms with Gasteiger partial charge < -0.3 is 16.0 Å². The van der Waals surface area contributed by atoms with Crippen LogP contribution in [-0.2, 0) is 0 Å². The zero-order chi connectivity index (χ0) is 13.7. The van der Waals surface area contributed by atoms with E-state index in [0.29, 0.717) is 5.84 Å². The predicted molar refractivity (Wildman–Crippen MR) is 84.2 cm³/mol. The molecule has 4 nitrogen and oxygen atoms in total. The fourth-order valence-corrected chi connectivity index (χ4v) is 3.80. The minimum atomic E-state index is -0.0372. The second-order valence-corrected chi connectivity index (χ2v) is 5.96. The monoisotopic (exact) mass is 282 g/mol. The highest BCUT2D eigenvalue weighted by Gasteiger charge is 2.34. The number of fused-ring (bicyclic) bond motifs is 3. The topological polar surface area (TPSA) is 53.6 Å². The molecule has 1 aromatic carbocycles. The molecule has 0 radical (unpaired) electrons. The molecule has 0 spiro atoms. The normalized spacial score (nSPS) is 19.9. The summed E-state index contributed by atoms with van der Waals surface area (Å²) in [4.78, 5) is 7.97. The summed E-state index contributed by atoms with van der Waals surface area (Å²) in [7, 11) is 0. The van der Waals surface area contributed by atoms with Crippen LogP contribution >= 0.6 is 11.3 Å². The SMILES string of the molecule is CC1=CNC2C(N)=Nc3cc(-c4ccccc4)sc3N12. The van der Waals surface area contributed by atoms with Crippen LogP contribution in [0.1, 0.15) is 6.92 Å². The summed E-state index contributed by atoms with van der Waals surface area (Å²) in [5, 5.41) is 4.42. The van der Waals surface area contributed by atoms with Crippen molar-refractivity contribution >= 4 is 27.9 Å². The third kappa shape index (κ3) is 1.56. The third-order valence-electron chi connectivity index (χ3n) is 3.59. The van der Waals surface area contributed by atoms with E-state index in [1.54, 1.807) is 11.3 Å². The average Bonchev–Trinajstić information content (AvgIpc) is 3.04. The number of aliphatic imine (C=N–C) groups is 1. The first-order chi connectivity index (χ1) is 9.74. The number of thiophene rings is 1. The lowest BCUT2D eigenvalue weighted by Gasteiger charge is -2.30. The fourth-order valence-electron chi connectivity index (χ4n) is 2.61. The molecule has 0 saturated heterocycles. The molecule has 0 aliphatic carbocycles. The lowest BCUT2D eigenvalue weighted by atomic mass is 10.2. The van der Waals surface area contributed by atoms with Crippen LogP contribution in [0.5, 0.6) is 0 Å². The number of nitrogens with two attached hydrogens (primary N) is 1. The van der Waals surface area contributed by atoms with E-state index in [9.17, 15) is 0 Å². The van der Waals surface area contributed by atoms with Crippen molar-refractivity contribution in [2.45, 2.75) is 13.1 Å². The van der Waals surface area contributed by atoms with Crippen LogP contribution in [0, 0.1) is 0 Å². The van der Waals surface area contributed by atoms with Crippen LogP contribution in [-0.4, -0.2) is 12.0 Å². The highest BCUT2D eigenvalue weighted by molar-refractivity contribution is 7.20. The molecular formula is C15H14N4S. The van der Waals surface area contributed by atoms with Gasteiger partial charge in [0.05, 0.1) is 0 Å². The largest absolute Gasteiger partial charge is 0.384 e. The Balaban J connectivity index is 1.86. The number of amidine groups is 1. The minimum Gasteiger partial charge on any atom is -0.384 e. The molecule has 1 aromatic heterocycles. The number of allylic oxidation sites excluding steroid dienone is 1. The van der Waals surface area contributed by atoms with Gasteiger partial charge in [-0.05, 0) is 18.6 Å². The Kier molecular flexibility index (Phi) is 2.37. The van der Waals surface area contributed by atoms with Gasteiger partial charge in [0.1, 0.15) is 16.5 Å². The van der Waals surface area contributed by atoms with E-state index in [0.717, 1.165) is 16.4 Å². The molecule has 20 heavy (non-hydrogen) atoms. The van der Waals surface area contributed by atoms with E-state index >= 15 is 0 Å². The first kappa shape index (κ1) is 11.5. The van der Waals surface area contributed by atoms with Crippen LogP contribution < -0.4 is 16.0 Å². The van der Waals surface area contributed by atoms with Crippen molar-refractivity contribution in [3.05, 3.63) is 48.3 Å². The van der Waals surface area contributed by atoms with Crippen LogP contribution in [0.25, 0.3) is 10.4 Å². The highest BCUT2D eigenvalue weighted by Crippen LogP contribution is 2.47. The molecule has 4 rings (SSSR count). The Labute approximate surface area is 121 Å². The van der Waals surface area contributed by atoms with Gasteiger partial charge in [0.2, 0.25) is 0 Å². The molecule has 0 amide bonds. The average molecular weight is 282 g/mol. The zero-order valence-electron chi connectivity index (χ0n) is 11.0. The van der Waals surface area contributed by atoms with Crippen molar-refractivity contribution in [1.29, 1.82) is 0 Å². The summed E-state index contributed by atoms with van der Waals surface area (Å²) in [6, 6.07) is 12.5. The van der Waals surface area contributed by atoms with E-state index < -0.39 is 0 Å². The minimum absolute atomic E-state index is 0.0372. The molecule has 1 atom stereocenters. The van der Waals surface area contributed by atoms with Crippen molar-refractivity contribution in [3.8, 4) is 10.4 Å².